The van der Waals surface area contributed by atoms with Crippen molar-refractivity contribution in [2.75, 3.05) is 27.0 Å². The van der Waals surface area contributed by atoms with E-state index in [1.54, 1.807) is 26.0 Å². The van der Waals surface area contributed by atoms with Gasteiger partial charge in [-0.2, -0.15) is 0 Å². The van der Waals surface area contributed by atoms with E-state index in [0.29, 0.717) is 30.0 Å². The van der Waals surface area contributed by atoms with Gasteiger partial charge in [0.2, 0.25) is 0 Å². The van der Waals surface area contributed by atoms with E-state index in [-0.39, 0.29) is 11.5 Å². The highest BCUT2D eigenvalue weighted by Gasteiger charge is 2.12. The molecule has 138 valence electrons. The topological polar surface area (TPSA) is 67.8 Å². The number of aliphatic hydroxyl groups is 1. The number of nitrogens with one attached hydrogen (secondary N) is 1. The molecular weight excluding hydrogens is 350 g/mol. The molecule has 2 aromatic carbocycles. The third-order valence-corrected chi connectivity index (χ3v) is 4.67. The number of hydrogen-bond donors (Lipinski definition) is 2. The molecule has 0 fully saturated rings. The number of rotatable bonds is 8. The predicted molar refractivity (Wildman–Crippen MR) is 105 cm³/mol. The lowest BCUT2D eigenvalue weighted by Crippen LogP contribution is -2.26. The highest BCUT2D eigenvalue weighted by molar-refractivity contribution is 7.98. The summed E-state index contributed by atoms with van der Waals surface area (Å²) < 4.78 is 10.5. The Morgan fingerprint density at radius 3 is 2.38 bits per heavy atom. The zero-order valence-electron chi connectivity index (χ0n) is 15.1. The van der Waals surface area contributed by atoms with Crippen molar-refractivity contribution < 1.29 is 19.4 Å². The van der Waals surface area contributed by atoms with E-state index in [1.165, 1.54) is 0 Å². The van der Waals surface area contributed by atoms with Crippen LogP contribution in [-0.2, 0) is 11.2 Å². The van der Waals surface area contributed by atoms with Gasteiger partial charge in [0.25, 0.3) is 5.91 Å². The molecule has 0 radical (unpaired) electrons. The van der Waals surface area contributed by atoms with Gasteiger partial charge >= 0.3 is 0 Å². The number of amides is 1. The number of carbonyl (C=O) groups is 1. The van der Waals surface area contributed by atoms with Crippen LogP contribution in [0.5, 0.6) is 11.5 Å². The summed E-state index contributed by atoms with van der Waals surface area (Å²) in [6.07, 6.45) is 3.47. The first-order valence-electron chi connectivity index (χ1n) is 8.10. The molecule has 0 aromatic heterocycles. The minimum absolute atomic E-state index is 0.241. The summed E-state index contributed by atoms with van der Waals surface area (Å²) in [5.41, 5.74) is 1.93. The summed E-state index contributed by atoms with van der Waals surface area (Å²) in [6.45, 7) is 0.439. The molecule has 0 saturated carbocycles. The number of aliphatic hydroxyl groups excluding tert-OH is 1. The molecule has 2 rings (SSSR count). The zero-order valence-corrected chi connectivity index (χ0v) is 15.9. The Morgan fingerprint density at radius 2 is 1.81 bits per heavy atom. The molecule has 0 aliphatic rings. The average Bonchev–Trinajstić information content (AvgIpc) is 2.69. The second-order valence-electron chi connectivity index (χ2n) is 5.47. The van der Waals surface area contributed by atoms with E-state index in [2.05, 4.69) is 5.32 Å². The molecule has 26 heavy (non-hydrogen) atoms. The molecule has 0 bridgehead atoms. The van der Waals surface area contributed by atoms with Crippen LogP contribution in [0.4, 0.5) is 0 Å². The van der Waals surface area contributed by atoms with Gasteiger partial charge in [0.15, 0.2) is 11.5 Å². The van der Waals surface area contributed by atoms with Crippen molar-refractivity contribution in [2.45, 2.75) is 11.3 Å². The van der Waals surface area contributed by atoms with Crippen molar-refractivity contribution in [3.63, 3.8) is 0 Å². The Labute approximate surface area is 158 Å². The van der Waals surface area contributed by atoms with Gasteiger partial charge in [0, 0.05) is 11.4 Å². The maximum Gasteiger partial charge on any atom is 0.255 e. The molecule has 0 unspecified atom stereocenters. The van der Waals surface area contributed by atoms with Crippen molar-refractivity contribution in [1.29, 1.82) is 0 Å². The molecule has 0 saturated heterocycles. The molecule has 0 spiro atoms. The number of carbonyl (C=O) groups excluding carboxylic acids is 1. The van der Waals surface area contributed by atoms with Crippen molar-refractivity contribution in [2.24, 2.45) is 0 Å². The zero-order chi connectivity index (χ0) is 18.9. The van der Waals surface area contributed by atoms with Gasteiger partial charge in [0.1, 0.15) is 0 Å². The standard InChI is InChI=1S/C20H23NO4S/c1-24-18-9-4-14(12-19(18)25-2)10-11-21-20(23)17(13-22)15-5-7-16(26-3)8-6-15/h4-9,12-13,22H,10-11H2,1-3H3,(H,21,23). The van der Waals surface area contributed by atoms with Crippen molar-refractivity contribution >= 4 is 23.2 Å². The Bertz CT molecular complexity index is 772. The summed E-state index contributed by atoms with van der Waals surface area (Å²) in [4.78, 5) is 13.5. The summed E-state index contributed by atoms with van der Waals surface area (Å²) in [5, 5.41) is 12.3. The van der Waals surface area contributed by atoms with Crippen molar-refractivity contribution in [3.8, 4) is 11.5 Å². The maximum atomic E-state index is 12.4. The second kappa shape index (κ2) is 9.77. The monoisotopic (exact) mass is 373 g/mol. The number of methoxy groups -OCH3 is 2. The second-order valence-corrected chi connectivity index (χ2v) is 6.35. The number of ether oxygens (including phenoxy) is 2. The van der Waals surface area contributed by atoms with Gasteiger partial charge in [-0.15, -0.1) is 11.8 Å². The highest BCUT2D eigenvalue weighted by Crippen LogP contribution is 2.27. The smallest absolute Gasteiger partial charge is 0.255 e. The van der Waals surface area contributed by atoms with E-state index in [9.17, 15) is 9.90 Å². The van der Waals surface area contributed by atoms with Gasteiger partial charge in [-0.25, -0.2) is 0 Å². The van der Waals surface area contributed by atoms with E-state index in [0.717, 1.165) is 16.7 Å². The van der Waals surface area contributed by atoms with Crippen LogP contribution in [0.25, 0.3) is 5.57 Å². The Hall–Kier alpha value is -2.60. The Morgan fingerprint density at radius 1 is 1.12 bits per heavy atom. The lowest BCUT2D eigenvalue weighted by Gasteiger charge is -2.11. The molecule has 6 heteroatoms. The van der Waals surface area contributed by atoms with Crippen LogP contribution in [0.15, 0.2) is 53.6 Å². The minimum Gasteiger partial charge on any atom is -0.515 e. The van der Waals surface area contributed by atoms with Crippen LogP contribution in [-0.4, -0.2) is 38.0 Å². The van der Waals surface area contributed by atoms with Crippen molar-refractivity contribution in [1.82, 2.24) is 5.32 Å². The van der Waals surface area contributed by atoms with Gasteiger partial charge < -0.3 is 19.9 Å². The molecular formula is C20H23NO4S. The van der Waals surface area contributed by atoms with Crippen LogP contribution in [0.2, 0.25) is 0 Å². The van der Waals surface area contributed by atoms with Gasteiger partial charge in [-0.05, 0) is 48.1 Å². The molecule has 0 aliphatic carbocycles. The SMILES string of the molecule is COc1ccc(CCNC(=O)C(=CO)c2ccc(SC)cc2)cc1OC. The van der Waals surface area contributed by atoms with E-state index in [1.807, 2.05) is 48.7 Å². The summed E-state index contributed by atoms with van der Waals surface area (Å²) >= 11 is 1.62. The van der Waals surface area contributed by atoms with Crippen LogP contribution in [0.1, 0.15) is 11.1 Å². The predicted octanol–water partition coefficient (Wildman–Crippen LogP) is 3.68. The fourth-order valence-corrected chi connectivity index (χ4v) is 2.89. The number of benzene rings is 2. The first-order chi connectivity index (χ1) is 12.6. The van der Waals surface area contributed by atoms with E-state index >= 15 is 0 Å². The third kappa shape index (κ3) is 4.95. The third-order valence-electron chi connectivity index (χ3n) is 3.92. The van der Waals surface area contributed by atoms with Crippen LogP contribution in [0, 0.1) is 0 Å². The molecule has 0 heterocycles. The number of thioether (sulfide) groups is 1. The van der Waals surface area contributed by atoms with Crippen LogP contribution < -0.4 is 14.8 Å². The van der Waals surface area contributed by atoms with Gasteiger partial charge in [-0.3, -0.25) is 4.79 Å². The molecule has 5 nitrogen and oxygen atoms in total. The Balaban J connectivity index is 1.96. The lowest BCUT2D eigenvalue weighted by molar-refractivity contribution is -0.115. The largest absolute Gasteiger partial charge is 0.515 e. The summed E-state index contributed by atoms with van der Waals surface area (Å²) in [5.74, 6) is 1.01. The average molecular weight is 373 g/mol. The quantitative estimate of drug-likeness (QED) is 0.420. The fraction of sp³-hybridized carbons (Fsp3) is 0.250. The van der Waals surface area contributed by atoms with Crippen LogP contribution >= 0.6 is 11.8 Å². The van der Waals surface area contributed by atoms with Crippen LogP contribution in [0.3, 0.4) is 0 Å². The number of hydrogen-bond acceptors (Lipinski definition) is 5. The first-order valence-corrected chi connectivity index (χ1v) is 9.33. The fourth-order valence-electron chi connectivity index (χ4n) is 2.49. The lowest BCUT2D eigenvalue weighted by atomic mass is 10.1. The Kier molecular flexibility index (Phi) is 7.41. The molecule has 1 amide bonds. The minimum atomic E-state index is -0.315. The maximum absolute atomic E-state index is 12.4. The summed E-state index contributed by atoms with van der Waals surface area (Å²) in [6, 6.07) is 13.1. The molecule has 2 aromatic rings. The summed E-state index contributed by atoms with van der Waals surface area (Å²) in [7, 11) is 3.18. The van der Waals surface area contributed by atoms with E-state index < -0.39 is 0 Å². The van der Waals surface area contributed by atoms with Gasteiger partial charge in [-0.1, -0.05) is 18.2 Å². The normalized spacial score (nSPS) is 11.1. The molecule has 0 atom stereocenters. The highest BCUT2D eigenvalue weighted by atomic mass is 32.2. The molecule has 2 N–H and O–H groups in total. The van der Waals surface area contributed by atoms with E-state index in [4.69, 9.17) is 9.47 Å². The van der Waals surface area contributed by atoms with Gasteiger partial charge in [0.05, 0.1) is 26.1 Å². The van der Waals surface area contributed by atoms with Crippen molar-refractivity contribution in [3.05, 3.63) is 59.9 Å². The first kappa shape index (κ1) is 19.7. The molecule has 0 aliphatic heterocycles.